The molecule has 4 heterocycles. The zero-order valence-corrected chi connectivity index (χ0v) is 16.0. The Kier molecular flexibility index (Phi) is 4.24. The van der Waals surface area contributed by atoms with Crippen LogP contribution in [0.25, 0.3) is 28.2 Å². The maximum atomic E-state index is 14.3. The van der Waals surface area contributed by atoms with Crippen LogP contribution in [0.15, 0.2) is 53.5 Å². The highest BCUT2D eigenvalue weighted by Gasteiger charge is 2.20. The van der Waals surface area contributed by atoms with Crippen LogP contribution in [0.2, 0.25) is 0 Å². The fraction of sp³-hybridized carbons (Fsp3) is 0.105. The molecule has 0 spiro atoms. The minimum atomic E-state index is -0.423. The van der Waals surface area contributed by atoms with Gasteiger partial charge in [-0.25, -0.2) is 9.37 Å². The van der Waals surface area contributed by atoms with E-state index in [1.54, 1.807) is 29.5 Å². The van der Waals surface area contributed by atoms with Gasteiger partial charge in [0, 0.05) is 0 Å². The normalized spacial score (nSPS) is 12.3. The molecule has 0 saturated heterocycles. The molecule has 144 valence electrons. The molecule has 4 aromatic heterocycles. The van der Waals surface area contributed by atoms with Crippen LogP contribution in [-0.4, -0.2) is 35.0 Å². The lowest BCUT2D eigenvalue weighted by Gasteiger charge is -2.14. The molecule has 1 unspecified atom stereocenters. The first-order chi connectivity index (χ1) is 14.2. The van der Waals surface area contributed by atoms with Gasteiger partial charge in [-0.15, -0.1) is 15.3 Å². The molecule has 0 fully saturated rings. The second kappa shape index (κ2) is 7.06. The monoisotopic (exact) mass is 407 g/mol. The minimum Gasteiger partial charge on any atom is -0.465 e. The third-order valence-corrected chi connectivity index (χ3v) is 5.10. The summed E-state index contributed by atoms with van der Waals surface area (Å²) in [5.74, 6) is 0.827. The average molecular weight is 407 g/mol. The first-order valence-corrected chi connectivity index (χ1v) is 9.71. The molecule has 1 atom stereocenters. The third-order valence-electron chi connectivity index (χ3n) is 4.41. The highest BCUT2D eigenvalue weighted by Crippen LogP contribution is 2.34. The number of rotatable bonds is 5. The van der Waals surface area contributed by atoms with E-state index < -0.39 is 11.9 Å². The van der Waals surface area contributed by atoms with E-state index in [4.69, 9.17) is 4.74 Å². The zero-order chi connectivity index (χ0) is 19.8. The zero-order valence-electron chi connectivity index (χ0n) is 15.2. The van der Waals surface area contributed by atoms with E-state index in [2.05, 4.69) is 30.5 Å². The molecule has 10 heteroatoms. The molecular formula is C19H14FN7OS. The maximum Gasteiger partial charge on any atom is 0.240 e. The molecule has 0 bridgehead atoms. The van der Waals surface area contributed by atoms with Crippen molar-refractivity contribution < 1.29 is 9.13 Å². The summed E-state index contributed by atoms with van der Waals surface area (Å²) < 4.78 is 21.9. The Morgan fingerprint density at radius 1 is 1.17 bits per heavy atom. The highest BCUT2D eigenvalue weighted by atomic mass is 32.1. The Labute approximate surface area is 168 Å². The summed E-state index contributed by atoms with van der Waals surface area (Å²) >= 11 is 1.56. The molecule has 29 heavy (non-hydrogen) atoms. The Morgan fingerprint density at radius 2 is 2.07 bits per heavy atom. The van der Waals surface area contributed by atoms with Gasteiger partial charge in [-0.1, -0.05) is 12.1 Å². The van der Waals surface area contributed by atoms with E-state index >= 15 is 0 Å². The van der Waals surface area contributed by atoms with Crippen molar-refractivity contribution in [1.82, 2.24) is 35.0 Å². The predicted octanol–water partition coefficient (Wildman–Crippen LogP) is 3.92. The van der Waals surface area contributed by atoms with E-state index in [1.165, 1.54) is 16.9 Å². The number of hydrogen-bond acceptors (Lipinski definition) is 7. The summed E-state index contributed by atoms with van der Waals surface area (Å²) in [6, 6.07) is 10.2. The molecule has 0 aliphatic heterocycles. The molecule has 5 aromatic rings. The van der Waals surface area contributed by atoms with Crippen LogP contribution in [0.3, 0.4) is 0 Å². The number of thiophene rings is 1. The number of fused-ring (bicyclic) bond motifs is 1. The molecular weight excluding hydrogens is 393 g/mol. The van der Waals surface area contributed by atoms with E-state index in [-0.39, 0.29) is 0 Å². The summed E-state index contributed by atoms with van der Waals surface area (Å²) in [5.41, 5.74) is 2.51. The quantitative estimate of drug-likeness (QED) is 0.475. The number of aromatic nitrogens is 7. The fourth-order valence-corrected chi connectivity index (χ4v) is 3.63. The van der Waals surface area contributed by atoms with Crippen molar-refractivity contribution in [3.05, 3.63) is 65.1 Å². The first-order valence-electron chi connectivity index (χ1n) is 8.76. The van der Waals surface area contributed by atoms with Gasteiger partial charge in [0.05, 0.1) is 11.1 Å². The Morgan fingerprint density at radius 3 is 2.83 bits per heavy atom. The third kappa shape index (κ3) is 3.13. The lowest BCUT2D eigenvalue weighted by Crippen LogP contribution is -2.09. The summed E-state index contributed by atoms with van der Waals surface area (Å²) in [7, 11) is 0. The van der Waals surface area contributed by atoms with Gasteiger partial charge in [-0.05, 0) is 47.5 Å². The summed E-state index contributed by atoms with van der Waals surface area (Å²) in [6.45, 7) is 1.84. The Balaban J connectivity index is 1.67. The van der Waals surface area contributed by atoms with Crippen molar-refractivity contribution in [3.63, 3.8) is 0 Å². The topological polar surface area (TPSA) is 93.9 Å². The maximum absolute atomic E-state index is 14.3. The molecule has 0 saturated carbocycles. The van der Waals surface area contributed by atoms with Crippen LogP contribution < -0.4 is 4.74 Å². The number of nitrogens with one attached hydrogen (secondary N) is 1. The first kappa shape index (κ1) is 17.4. The van der Waals surface area contributed by atoms with Crippen molar-refractivity contribution in [2.24, 2.45) is 0 Å². The summed E-state index contributed by atoms with van der Waals surface area (Å²) in [4.78, 5) is 4.14. The molecule has 0 aliphatic carbocycles. The van der Waals surface area contributed by atoms with Crippen molar-refractivity contribution in [2.75, 3.05) is 0 Å². The number of H-pyrrole nitrogens is 1. The van der Waals surface area contributed by atoms with Gasteiger partial charge in [0.25, 0.3) is 0 Å². The molecule has 1 N–H and O–H groups in total. The highest BCUT2D eigenvalue weighted by molar-refractivity contribution is 7.08. The van der Waals surface area contributed by atoms with E-state index in [9.17, 15) is 4.39 Å². The number of halogens is 1. The van der Waals surface area contributed by atoms with Gasteiger partial charge in [0.15, 0.2) is 23.4 Å². The SMILES string of the molecule is CC(Oc1nn2c(-c3ccccc3F)nnc2cc1-c1ccsc1)c1ncn[nH]1. The van der Waals surface area contributed by atoms with Crippen molar-refractivity contribution in [3.8, 4) is 28.4 Å². The number of nitrogens with zero attached hydrogens (tertiary/aromatic N) is 6. The molecule has 5 rings (SSSR count). The van der Waals surface area contributed by atoms with E-state index in [0.717, 1.165) is 11.1 Å². The standard InChI is InChI=1S/C19H14FN7OS/c1-11(17-21-10-22-24-17)28-19-14(12-6-7-29-9-12)8-16-23-25-18(27(16)26-19)13-4-2-3-5-15(13)20/h2-11H,1H3,(H,21,22,24). The Hall–Kier alpha value is -3.66. The molecule has 1 aromatic carbocycles. The van der Waals surface area contributed by atoms with Gasteiger partial charge in [-0.3, -0.25) is 5.10 Å². The number of benzene rings is 1. The van der Waals surface area contributed by atoms with Gasteiger partial charge in [0.2, 0.25) is 5.88 Å². The molecule has 0 radical (unpaired) electrons. The molecule has 0 aliphatic rings. The van der Waals surface area contributed by atoms with Crippen LogP contribution in [0.4, 0.5) is 4.39 Å². The van der Waals surface area contributed by atoms with Gasteiger partial charge in [0.1, 0.15) is 12.1 Å². The van der Waals surface area contributed by atoms with Crippen molar-refractivity contribution in [1.29, 1.82) is 0 Å². The largest absolute Gasteiger partial charge is 0.465 e. The lowest BCUT2D eigenvalue weighted by atomic mass is 10.1. The smallest absolute Gasteiger partial charge is 0.240 e. The molecule has 8 nitrogen and oxygen atoms in total. The Bertz CT molecular complexity index is 1270. The number of hydrogen-bond donors (Lipinski definition) is 1. The van der Waals surface area contributed by atoms with Crippen molar-refractivity contribution >= 4 is 17.0 Å². The van der Waals surface area contributed by atoms with Crippen LogP contribution in [0.5, 0.6) is 5.88 Å². The number of aromatic amines is 1. The minimum absolute atomic E-state index is 0.298. The fourth-order valence-electron chi connectivity index (χ4n) is 2.97. The lowest BCUT2D eigenvalue weighted by molar-refractivity contribution is 0.206. The molecule has 0 amide bonds. The van der Waals surface area contributed by atoms with Crippen LogP contribution in [0.1, 0.15) is 18.9 Å². The summed E-state index contributed by atoms with van der Waals surface area (Å²) in [6.07, 6.45) is 0.995. The van der Waals surface area contributed by atoms with E-state index in [1.807, 2.05) is 29.8 Å². The second-order valence-corrected chi connectivity index (χ2v) is 7.06. The number of ether oxygens (including phenoxy) is 1. The van der Waals surface area contributed by atoms with Gasteiger partial charge < -0.3 is 4.74 Å². The van der Waals surface area contributed by atoms with Gasteiger partial charge >= 0.3 is 0 Å². The second-order valence-electron chi connectivity index (χ2n) is 6.28. The van der Waals surface area contributed by atoms with Crippen LogP contribution in [0, 0.1) is 5.82 Å². The van der Waals surface area contributed by atoms with Crippen LogP contribution >= 0.6 is 11.3 Å². The predicted molar refractivity (Wildman–Crippen MR) is 105 cm³/mol. The van der Waals surface area contributed by atoms with Crippen molar-refractivity contribution in [2.45, 2.75) is 13.0 Å². The van der Waals surface area contributed by atoms with Gasteiger partial charge in [-0.2, -0.15) is 21.0 Å². The average Bonchev–Trinajstić information content (AvgIpc) is 3.49. The van der Waals surface area contributed by atoms with E-state index in [0.29, 0.717) is 28.7 Å². The van der Waals surface area contributed by atoms with Crippen LogP contribution in [-0.2, 0) is 0 Å². The summed E-state index contributed by atoms with van der Waals surface area (Å²) in [5, 5.41) is 23.6.